The van der Waals surface area contributed by atoms with Crippen molar-refractivity contribution in [2.75, 3.05) is 19.7 Å². The van der Waals surface area contributed by atoms with Gasteiger partial charge in [-0.05, 0) is 105 Å². The fourth-order valence-electron chi connectivity index (χ4n) is 6.57. The standard InChI is InChI=1S/C29H34ClN5O3S/c1-18-33-25-15-32-28-24(12-13-31-28)26(25)27(34-18)20-4-6-21(7-5-20)29(39(36)37)35-14-2-3-19(16-35)17-38-23-10-8-22(30)9-11-23/h8-13,15,19-21,29H,2-7,14,16-17H2,1H3,(H,33,34)(H,36,37)/p-1. The second kappa shape index (κ2) is 11.5. The van der Waals surface area contributed by atoms with E-state index in [-0.39, 0.29) is 5.92 Å². The van der Waals surface area contributed by atoms with Gasteiger partial charge in [-0.1, -0.05) is 11.6 Å². The molecule has 0 bridgehead atoms. The van der Waals surface area contributed by atoms with Crippen LogP contribution in [0.3, 0.4) is 0 Å². The lowest BCUT2D eigenvalue weighted by Crippen LogP contribution is -2.50. The van der Waals surface area contributed by atoms with E-state index < -0.39 is 16.5 Å². The molecular weight excluding hydrogens is 534 g/mol. The van der Waals surface area contributed by atoms with Gasteiger partial charge in [0.1, 0.15) is 11.6 Å². The van der Waals surface area contributed by atoms with Crippen LogP contribution in [0.15, 0.2) is 42.7 Å². The zero-order chi connectivity index (χ0) is 26.9. The van der Waals surface area contributed by atoms with Crippen molar-refractivity contribution in [3.05, 3.63) is 59.3 Å². The van der Waals surface area contributed by atoms with Crippen LogP contribution in [0.1, 0.15) is 56.0 Å². The minimum absolute atomic E-state index is 0.118. The van der Waals surface area contributed by atoms with E-state index in [1.165, 1.54) is 5.69 Å². The van der Waals surface area contributed by atoms with Crippen molar-refractivity contribution in [3.63, 3.8) is 0 Å². The number of aromatic amines is 1. The van der Waals surface area contributed by atoms with Gasteiger partial charge in [0, 0.05) is 40.1 Å². The Morgan fingerprint density at radius 3 is 2.72 bits per heavy atom. The average molecular weight is 567 g/mol. The van der Waals surface area contributed by atoms with Crippen molar-refractivity contribution >= 4 is 44.6 Å². The lowest BCUT2D eigenvalue weighted by Gasteiger charge is -2.44. The number of likely N-dealkylation sites (tertiary alicyclic amines) is 1. The highest BCUT2D eigenvalue weighted by Crippen LogP contribution is 2.41. The highest BCUT2D eigenvalue weighted by atomic mass is 35.5. The SMILES string of the molecule is Cc1nc2cnc3nccc3c2c(C2CCC(C(N3CCCC(COc4ccc(Cl)cc4)C3)S(=O)[O-])CC2)[nH]1. The van der Waals surface area contributed by atoms with Crippen molar-refractivity contribution in [2.45, 2.75) is 56.7 Å². The Bertz CT molecular complexity index is 1470. The number of aryl methyl sites for hydroxylation is 1. The Morgan fingerprint density at radius 2 is 1.95 bits per heavy atom. The zero-order valence-electron chi connectivity index (χ0n) is 22.0. The third-order valence-electron chi connectivity index (χ3n) is 8.38. The molecule has 8 nitrogen and oxygen atoms in total. The summed E-state index contributed by atoms with van der Waals surface area (Å²) in [7, 11) is 0. The lowest BCUT2D eigenvalue weighted by atomic mass is 9.78. The number of fused-ring (bicyclic) bond motifs is 3. The van der Waals surface area contributed by atoms with Gasteiger partial charge in [-0.2, -0.15) is 0 Å². The molecule has 4 heterocycles. The van der Waals surface area contributed by atoms with Gasteiger partial charge in [0.05, 0.1) is 23.7 Å². The highest BCUT2D eigenvalue weighted by Gasteiger charge is 2.36. The summed E-state index contributed by atoms with van der Waals surface area (Å²) in [5.41, 5.74) is 2.79. The monoisotopic (exact) mass is 566 g/mol. The quantitative estimate of drug-likeness (QED) is 0.284. The number of H-pyrrole nitrogens is 1. The Morgan fingerprint density at radius 1 is 1.15 bits per heavy atom. The first-order valence-corrected chi connectivity index (χ1v) is 15.3. The first-order chi connectivity index (χ1) is 19.0. The Labute approximate surface area is 235 Å². The topological polar surface area (TPSA) is 107 Å². The molecule has 6 rings (SSSR count). The number of benzene rings is 1. The maximum Gasteiger partial charge on any atom is 0.159 e. The molecule has 1 aliphatic carbocycles. The molecular formula is C29H33ClN5O3S-. The number of halogens is 1. The largest absolute Gasteiger partial charge is 0.771 e. The summed E-state index contributed by atoms with van der Waals surface area (Å²) < 4.78 is 31.2. The molecule has 1 saturated heterocycles. The van der Waals surface area contributed by atoms with Crippen LogP contribution in [-0.4, -0.2) is 58.7 Å². The van der Waals surface area contributed by atoms with Crippen molar-refractivity contribution in [2.24, 2.45) is 11.8 Å². The minimum Gasteiger partial charge on any atom is -0.771 e. The number of hydrogen-bond donors (Lipinski definition) is 1. The van der Waals surface area contributed by atoms with Crippen molar-refractivity contribution in [1.29, 1.82) is 0 Å². The summed E-state index contributed by atoms with van der Waals surface area (Å²) >= 11 is 3.82. The average Bonchev–Trinajstić information content (AvgIpc) is 3.42. The third-order valence-corrected chi connectivity index (χ3v) is 9.71. The number of piperidine rings is 1. The van der Waals surface area contributed by atoms with Crippen LogP contribution in [0.4, 0.5) is 0 Å². The fourth-order valence-corrected chi connectivity index (χ4v) is 7.72. The molecule has 0 spiro atoms. The molecule has 1 N–H and O–H groups in total. The first kappa shape index (κ1) is 26.6. The Balaban J connectivity index is 1.14. The summed E-state index contributed by atoms with van der Waals surface area (Å²) in [6.45, 7) is 4.10. The van der Waals surface area contributed by atoms with Gasteiger partial charge in [-0.3, -0.25) is 9.11 Å². The first-order valence-electron chi connectivity index (χ1n) is 13.8. The fraction of sp³-hybridized carbons (Fsp3) is 0.483. The van der Waals surface area contributed by atoms with Gasteiger partial charge in [0.15, 0.2) is 5.65 Å². The number of pyridine rings is 1. The normalized spacial score (nSPS) is 24.1. The highest BCUT2D eigenvalue weighted by molar-refractivity contribution is 7.79. The molecule has 4 aromatic rings. The maximum absolute atomic E-state index is 12.6. The predicted octanol–water partition coefficient (Wildman–Crippen LogP) is 5.74. The van der Waals surface area contributed by atoms with E-state index in [1.807, 2.05) is 37.3 Å². The van der Waals surface area contributed by atoms with E-state index in [0.717, 1.165) is 85.1 Å². The van der Waals surface area contributed by atoms with Crippen LogP contribution < -0.4 is 4.74 Å². The molecule has 1 saturated carbocycles. The molecule has 0 radical (unpaired) electrons. The van der Waals surface area contributed by atoms with Crippen molar-refractivity contribution in [1.82, 2.24) is 24.8 Å². The number of rotatable bonds is 7. The maximum atomic E-state index is 12.6. The van der Waals surface area contributed by atoms with Crippen molar-refractivity contribution in [3.8, 4) is 5.75 Å². The molecule has 0 amide bonds. The third kappa shape index (κ3) is 5.68. The second-order valence-corrected chi connectivity index (χ2v) is 12.4. The van der Waals surface area contributed by atoms with Crippen LogP contribution in [0.25, 0.3) is 21.9 Å². The molecule has 39 heavy (non-hydrogen) atoms. The molecule has 10 heteroatoms. The number of hydrogen-bond acceptors (Lipinski definition) is 7. The number of nitrogens with one attached hydrogen (secondary N) is 1. The van der Waals surface area contributed by atoms with Gasteiger partial charge in [0.25, 0.3) is 0 Å². The number of ether oxygens (including phenoxy) is 1. The molecule has 3 atom stereocenters. The van der Waals surface area contributed by atoms with E-state index in [9.17, 15) is 8.76 Å². The van der Waals surface area contributed by atoms with Gasteiger partial charge >= 0.3 is 0 Å². The second-order valence-electron chi connectivity index (χ2n) is 11.0. The van der Waals surface area contributed by atoms with Crippen LogP contribution in [-0.2, 0) is 11.1 Å². The van der Waals surface area contributed by atoms with E-state index in [2.05, 4.69) is 24.8 Å². The van der Waals surface area contributed by atoms with Crippen LogP contribution in [0.5, 0.6) is 5.75 Å². The van der Waals surface area contributed by atoms with E-state index in [0.29, 0.717) is 23.5 Å². The summed E-state index contributed by atoms with van der Waals surface area (Å²) in [5.74, 6) is 2.38. The van der Waals surface area contributed by atoms with E-state index in [1.54, 1.807) is 12.4 Å². The molecule has 2 fully saturated rings. The summed E-state index contributed by atoms with van der Waals surface area (Å²) in [6, 6.07) is 9.39. The van der Waals surface area contributed by atoms with Gasteiger partial charge < -0.3 is 14.3 Å². The Hall–Kier alpha value is -2.59. The summed E-state index contributed by atoms with van der Waals surface area (Å²) in [5, 5.41) is 2.33. The lowest BCUT2D eigenvalue weighted by molar-refractivity contribution is 0.0874. The Kier molecular flexibility index (Phi) is 7.84. The zero-order valence-corrected chi connectivity index (χ0v) is 23.6. The van der Waals surface area contributed by atoms with E-state index >= 15 is 0 Å². The minimum atomic E-state index is -2.16. The summed E-state index contributed by atoms with van der Waals surface area (Å²) in [4.78, 5) is 19.3. The number of aromatic nitrogens is 4. The molecule has 2 aliphatic rings. The molecule has 1 aromatic carbocycles. The smallest absolute Gasteiger partial charge is 0.159 e. The molecule has 3 aromatic heterocycles. The van der Waals surface area contributed by atoms with Gasteiger partial charge in [-0.15, -0.1) is 0 Å². The summed E-state index contributed by atoms with van der Waals surface area (Å²) in [6.07, 6.45) is 9.22. The van der Waals surface area contributed by atoms with Gasteiger partial charge in [-0.25, -0.2) is 15.0 Å². The van der Waals surface area contributed by atoms with Crippen molar-refractivity contribution < 1.29 is 13.5 Å². The van der Waals surface area contributed by atoms with Crippen LogP contribution in [0.2, 0.25) is 5.02 Å². The van der Waals surface area contributed by atoms with E-state index in [4.69, 9.17) is 16.3 Å². The molecule has 3 unspecified atom stereocenters. The predicted molar refractivity (Wildman–Crippen MR) is 153 cm³/mol. The van der Waals surface area contributed by atoms with Crippen LogP contribution >= 0.6 is 11.6 Å². The van der Waals surface area contributed by atoms with Crippen LogP contribution in [0, 0.1) is 18.8 Å². The number of nitrogens with zero attached hydrogens (tertiary/aromatic N) is 4. The van der Waals surface area contributed by atoms with Gasteiger partial charge in [0.2, 0.25) is 0 Å². The molecule has 206 valence electrons. The molecule has 1 aliphatic heterocycles.